The highest BCUT2D eigenvalue weighted by Crippen LogP contribution is 2.04. The lowest BCUT2D eigenvalue weighted by Gasteiger charge is -2.20. The highest BCUT2D eigenvalue weighted by Gasteiger charge is 2.09. The maximum absolute atomic E-state index is 11.7. The summed E-state index contributed by atoms with van der Waals surface area (Å²) in [4.78, 5) is 23.1. The number of carbonyl (C=O) groups excluding carboxylic acids is 2. The first-order valence-electron chi connectivity index (χ1n) is 7.14. The largest absolute Gasteiger partial charge is 0.355 e. The van der Waals surface area contributed by atoms with Crippen molar-refractivity contribution in [3.05, 3.63) is 35.4 Å². The van der Waals surface area contributed by atoms with E-state index < -0.39 is 0 Å². The quantitative estimate of drug-likeness (QED) is 0.743. The first-order valence-corrected chi connectivity index (χ1v) is 7.14. The molecule has 0 spiro atoms. The topological polar surface area (TPSA) is 70.2 Å². The van der Waals surface area contributed by atoms with E-state index in [1.54, 1.807) is 19.2 Å². The summed E-state index contributed by atoms with van der Waals surface area (Å²) in [6, 6.07) is 7.19. The van der Waals surface area contributed by atoms with E-state index in [1.807, 2.05) is 12.1 Å². The Kier molecular flexibility index (Phi) is 6.37. The third kappa shape index (κ3) is 6.90. The second kappa shape index (κ2) is 7.78. The monoisotopic (exact) mass is 291 g/mol. The van der Waals surface area contributed by atoms with Crippen molar-refractivity contribution in [2.24, 2.45) is 0 Å². The van der Waals surface area contributed by atoms with Crippen LogP contribution in [-0.2, 0) is 11.3 Å². The van der Waals surface area contributed by atoms with Crippen molar-refractivity contribution in [3.8, 4) is 0 Å². The molecule has 0 atom stereocenters. The minimum Gasteiger partial charge on any atom is -0.355 e. The molecule has 1 rings (SSSR count). The van der Waals surface area contributed by atoms with Crippen LogP contribution >= 0.6 is 0 Å². The van der Waals surface area contributed by atoms with Crippen molar-refractivity contribution in [2.45, 2.75) is 39.3 Å². The molecule has 5 nitrogen and oxygen atoms in total. The van der Waals surface area contributed by atoms with Crippen LogP contribution in [0.25, 0.3) is 0 Å². The summed E-state index contributed by atoms with van der Waals surface area (Å²) in [6.07, 6.45) is 0.452. The maximum Gasteiger partial charge on any atom is 0.251 e. The van der Waals surface area contributed by atoms with E-state index in [2.05, 4.69) is 36.7 Å². The molecular formula is C16H25N3O2. The second-order valence-electron chi connectivity index (χ2n) is 5.98. The van der Waals surface area contributed by atoms with Gasteiger partial charge in [0.2, 0.25) is 5.91 Å². The number of hydrogen-bond acceptors (Lipinski definition) is 3. The number of hydrogen-bond donors (Lipinski definition) is 3. The van der Waals surface area contributed by atoms with Gasteiger partial charge in [0.25, 0.3) is 5.91 Å². The molecule has 0 aliphatic rings. The Hall–Kier alpha value is -1.88. The van der Waals surface area contributed by atoms with E-state index in [-0.39, 0.29) is 17.4 Å². The summed E-state index contributed by atoms with van der Waals surface area (Å²) in [5.74, 6) is -0.0963. The smallest absolute Gasteiger partial charge is 0.251 e. The lowest BCUT2D eigenvalue weighted by atomic mass is 10.1. The SMILES string of the molecule is CNC(=O)c1ccc(CNC(=O)CCNC(C)(C)C)cc1. The number of nitrogens with one attached hydrogen (secondary N) is 3. The average molecular weight is 291 g/mol. The van der Waals surface area contributed by atoms with Crippen LogP contribution in [0.4, 0.5) is 0 Å². The number of carbonyl (C=O) groups is 2. The first kappa shape index (κ1) is 17.2. The third-order valence-corrected chi connectivity index (χ3v) is 2.94. The molecule has 0 fully saturated rings. The molecular weight excluding hydrogens is 266 g/mol. The van der Waals surface area contributed by atoms with Crippen molar-refractivity contribution in [1.29, 1.82) is 0 Å². The minimum absolute atomic E-state index is 0.0159. The molecule has 0 heterocycles. The standard InChI is InChI=1S/C16H25N3O2/c1-16(2,3)19-10-9-14(20)18-11-12-5-7-13(8-6-12)15(21)17-4/h5-8,19H,9-11H2,1-4H3,(H,17,21)(H,18,20). The van der Waals surface area contributed by atoms with E-state index in [9.17, 15) is 9.59 Å². The number of amides is 2. The lowest BCUT2D eigenvalue weighted by molar-refractivity contribution is -0.121. The molecule has 21 heavy (non-hydrogen) atoms. The van der Waals surface area contributed by atoms with Crippen LogP contribution in [0.3, 0.4) is 0 Å². The zero-order valence-corrected chi connectivity index (χ0v) is 13.2. The van der Waals surface area contributed by atoms with Crippen LogP contribution in [0.2, 0.25) is 0 Å². The summed E-state index contributed by atoms with van der Waals surface area (Å²) < 4.78 is 0. The zero-order valence-electron chi connectivity index (χ0n) is 13.2. The van der Waals surface area contributed by atoms with Crippen LogP contribution in [-0.4, -0.2) is 30.9 Å². The Morgan fingerprint density at radius 3 is 2.24 bits per heavy atom. The van der Waals surface area contributed by atoms with Gasteiger partial charge in [-0.2, -0.15) is 0 Å². The van der Waals surface area contributed by atoms with Crippen LogP contribution in [0.15, 0.2) is 24.3 Å². The molecule has 0 bridgehead atoms. The van der Waals surface area contributed by atoms with Crippen LogP contribution in [0, 0.1) is 0 Å². The summed E-state index contributed by atoms with van der Waals surface area (Å²) >= 11 is 0. The van der Waals surface area contributed by atoms with Crippen molar-refractivity contribution >= 4 is 11.8 Å². The molecule has 0 aromatic heterocycles. The Labute approximate surface area is 126 Å². The molecule has 0 saturated carbocycles. The van der Waals surface area contributed by atoms with Gasteiger partial charge in [-0.25, -0.2) is 0 Å². The predicted molar refractivity (Wildman–Crippen MR) is 84.1 cm³/mol. The van der Waals surface area contributed by atoms with E-state index >= 15 is 0 Å². The number of rotatable bonds is 6. The molecule has 1 aromatic carbocycles. The first-order chi connectivity index (χ1) is 9.81. The Balaban J connectivity index is 2.34. The third-order valence-electron chi connectivity index (χ3n) is 2.94. The molecule has 0 aliphatic carbocycles. The molecule has 0 aliphatic heterocycles. The Bertz CT molecular complexity index is 475. The van der Waals surface area contributed by atoms with Crippen molar-refractivity contribution in [3.63, 3.8) is 0 Å². The second-order valence-corrected chi connectivity index (χ2v) is 5.98. The maximum atomic E-state index is 11.7. The van der Waals surface area contributed by atoms with E-state index in [1.165, 1.54) is 0 Å². The highest BCUT2D eigenvalue weighted by molar-refractivity contribution is 5.93. The summed E-state index contributed by atoms with van der Waals surface area (Å²) in [7, 11) is 1.60. The fourth-order valence-corrected chi connectivity index (χ4v) is 1.76. The molecule has 3 N–H and O–H groups in total. The fraction of sp³-hybridized carbons (Fsp3) is 0.500. The van der Waals surface area contributed by atoms with Gasteiger partial charge in [0.1, 0.15) is 0 Å². The van der Waals surface area contributed by atoms with Crippen LogP contribution in [0.1, 0.15) is 43.1 Å². The molecule has 0 radical (unpaired) electrons. The average Bonchev–Trinajstić information content (AvgIpc) is 2.43. The van der Waals surface area contributed by atoms with Crippen molar-refractivity contribution in [2.75, 3.05) is 13.6 Å². The highest BCUT2D eigenvalue weighted by atomic mass is 16.2. The van der Waals surface area contributed by atoms with Gasteiger partial charge in [0.15, 0.2) is 0 Å². The summed E-state index contributed by atoms with van der Waals surface area (Å²) in [6.45, 7) is 7.34. The number of benzene rings is 1. The summed E-state index contributed by atoms with van der Waals surface area (Å²) in [5, 5.41) is 8.71. The normalized spacial score (nSPS) is 11.0. The van der Waals surface area contributed by atoms with E-state index in [0.29, 0.717) is 25.1 Å². The van der Waals surface area contributed by atoms with Crippen LogP contribution < -0.4 is 16.0 Å². The van der Waals surface area contributed by atoms with Gasteiger partial charge >= 0.3 is 0 Å². The molecule has 2 amide bonds. The molecule has 5 heteroatoms. The molecule has 0 saturated heterocycles. The Morgan fingerprint density at radius 2 is 1.71 bits per heavy atom. The van der Waals surface area contributed by atoms with Gasteiger partial charge in [0, 0.05) is 37.7 Å². The fourth-order valence-electron chi connectivity index (χ4n) is 1.76. The van der Waals surface area contributed by atoms with Gasteiger partial charge < -0.3 is 16.0 Å². The predicted octanol–water partition coefficient (Wildman–Crippen LogP) is 1.44. The van der Waals surface area contributed by atoms with Crippen molar-refractivity contribution < 1.29 is 9.59 Å². The van der Waals surface area contributed by atoms with Gasteiger partial charge in [-0.15, -0.1) is 0 Å². The molecule has 0 unspecified atom stereocenters. The molecule has 116 valence electrons. The zero-order chi connectivity index (χ0) is 15.9. The minimum atomic E-state index is -0.112. The van der Waals surface area contributed by atoms with Crippen molar-refractivity contribution in [1.82, 2.24) is 16.0 Å². The van der Waals surface area contributed by atoms with Gasteiger partial charge in [-0.3, -0.25) is 9.59 Å². The van der Waals surface area contributed by atoms with Gasteiger partial charge in [0.05, 0.1) is 0 Å². The van der Waals surface area contributed by atoms with E-state index in [0.717, 1.165) is 5.56 Å². The van der Waals surface area contributed by atoms with Gasteiger partial charge in [-0.05, 0) is 38.5 Å². The lowest BCUT2D eigenvalue weighted by Crippen LogP contribution is -2.38. The summed E-state index contributed by atoms with van der Waals surface area (Å²) in [5.41, 5.74) is 1.61. The molecule has 1 aromatic rings. The van der Waals surface area contributed by atoms with Gasteiger partial charge in [-0.1, -0.05) is 12.1 Å². The Morgan fingerprint density at radius 1 is 1.10 bits per heavy atom. The van der Waals surface area contributed by atoms with Crippen LogP contribution in [0.5, 0.6) is 0 Å². The van der Waals surface area contributed by atoms with E-state index in [4.69, 9.17) is 0 Å².